The summed E-state index contributed by atoms with van der Waals surface area (Å²) in [6.45, 7) is 7.42. The molecule has 2 unspecified atom stereocenters. The summed E-state index contributed by atoms with van der Waals surface area (Å²) in [5.41, 5.74) is 0. The number of hydrogen-bond acceptors (Lipinski definition) is 4. The first-order chi connectivity index (χ1) is 9.92. The van der Waals surface area contributed by atoms with Crippen LogP contribution in [-0.2, 0) is 18.7 Å². The van der Waals surface area contributed by atoms with Crippen LogP contribution in [0, 0.1) is 0 Å². The zero-order valence-electron chi connectivity index (χ0n) is 14.2. The maximum absolute atomic E-state index is 10.9. The van der Waals surface area contributed by atoms with Gasteiger partial charge in [-0.3, -0.25) is 4.79 Å². The predicted molar refractivity (Wildman–Crippen MR) is 86.9 cm³/mol. The highest BCUT2D eigenvalue weighted by Gasteiger charge is 2.38. The number of esters is 1. The summed E-state index contributed by atoms with van der Waals surface area (Å²) in [6.07, 6.45) is 9.58. The maximum atomic E-state index is 10.9. The lowest BCUT2D eigenvalue weighted by Crippen LogP contribution is -2.27. The number of rotatable bonds is 12. The molecule has 124 valence electrons. The molecule has 21 heavy (non-hydrogen) atoms. The van der Waals surface area contributed by atoms with E-state index in [4.69, 9.17) is 9.16 Å². The topological polar surface area (TPSA) is 48.1 Å². The van der Waals surface area contributed by atoms with Crippen LogP contribution in [0.15, 0.2) is 0 Å². The van der Waals surface area contributed by atoms with Gasteiger partial charge in [0.05, 0.1) is 19.8 Å². The SMILES string of the molecule is COC(=O)CCCCCCCCC1OC1CO[Si](C)(C)C. The van der Waals surface area contributed by atoms with Crippen molar-refractivity contribution in [2.45, 2.75) is 83.2 Å². The van der Waals surface area contributed by atoms with Crippen LogP contribution in [-0.4, -0.2) is 40.2 Å². The van der Waals surface area contributed by atoms with Crippen molar-refractivity contribution in [2.75, 3.05) is 13.7 Å². The summed E-state index contributed by atoms with van der Waals surface area (Å²) >= 11 is 0. The van der Waals surface area contributed by atoms with Crippen LogP contribution in [0.2, 0.25) is 19.6 Å². The number of unbranched alkanes of at least 4 members (excludes halogenated alkanes) is 5. The highest BCUT2D eigenvalue weighted by molar-refractivity contribution is 6.69. The van der Waals surface area contributed by atoms with Crippen LogP contribution in [0.5, 0.6) is 0 Å². The summed E-state index contributed by atoms with van der Waals surface area (Å²) in [5, 5.41) is 0. The van der Waals surface area contributed by atoms with Crippen molar-refractivity contribution in [3.05, 3.63) is 0 Å². The van der Waals surface area contributed by atoms with Gasteiger partial charge in [0.2, 0.25) is 0 Å². The van der Waals surface area contributed by atoms with Gasteiger partial charge in [-0.05, 0) is 32.5 Å². The molecule has 4 nitrogen and oxygen atoms in total. The van der Waals surface area contributed by atoms with Crippen LogP contribution < -0.4 is 0 Å². The summed E-state index contributed by atoms with van der Waals surface area (Å²) < 4.78 is 16.1. The first-order valence-corrected chi connectivity index (χ1v) is 11.7. The van der Waals surface area contributed by atoms with E-state index in [-0.39, 0.29) is 5.97 Å². The zero-order valence-corrected chi connectivity index (χ0v) is 15.2. The Kier molecular flexibility index (Phi) is 8.52. The largest absolute Gasteiger partial charge is 0.469 e. The lowest BCUT2D eigenvalue weighted by molar-refractivity contribution is -0.140. The Labute approximate surface area is 130 Å². The van der Waals surface area contributed by atoms with Crippen LogP contribution in [0.3, 0.4) is 0 Å². The van der Waals surface area contributed by atoms with Crippen LogP contribution in [0.4, 0.5) is 0 Å². The fourth-order valence-electron chi connectivity index (χ4n) is 2.34. The molecular weight excluding hydrogens is 284 g/mol. The fourth-order valence-corrected chi connectivity index (χ4v) is 3.00. The molecule has 1 fully saturated rings. The quantitative estimate of drug-likeness (QED) is 0.237. The van der Waals surface area contributed by atoms with Gasteiger partial charge in [0, 0.05) is 6.42 Å². The Hall–Kier alpha value is -0.393. The first kappa shape index (κ1) is 18.7. The Morgan fingerprint density at radius 1 is 1.00 bits per heavy atom. The van der Waals surface area contributed by atoms with Gasteiger partial charge in [0.15, 0.2) is 8.32 Å². The highest BCUT2D eigenvalue weighted by atomic mass is 28.4. The van der Waals surface area contributed by atoms with E-state index >= 15 is 0 Å². The Bertz CT molecular complexity index is 301. The van der Waals surface area contributed by atoms with Crippen LogP contribution in [0.25, 0.3) is 0 Å². The third-order valence-electron chi connectivity index (χ3n) is 3.72. The smallest absolute Gasteiger partial charge is 0.305 e. The summed E-state index contributed by atoms with van der Waals surface area (Å²) in [7, 11) is 0.0584. The second-order valence-electron chi connectivity index (χ2n) is 6.87. The van der Waals surface area contributed by atoms with E-state index in [2.05, 4.69) is 24.4 Å². The molecule has 1 aliphatic heterocycles. The van der Waals surface area contributed by atoms with Crippen molar-refractivity contribution in [2.24, 2.45) is 0 Å². The van der Waals surface area contributed by atoms with Crippen molar-refractivity contribution in [3.8, 4) is 0 Å². The van der Waals surface area contributed by atoms with Crippen molar-refractivity contribution >= 4 is 14.3 Å². The molecule has 0 amide bonds. The molecule has 0 aromatic heterocycles. The average Bonchev–Trinajstić information content (AvgIpc) is 3.17. The molecule has 0 spiro atoms. The minimum Gasteiger partial charge on any atom is -0.469 e. The van der Waals surface area contributed by atoms with E-state index in [1.165, 1.54) is 39.2 Å². The molecule has 0 aromatic carbocycles. The van der Waals surface area contributed by atoms with Gasteiger partial charge in [-0.1, -0.05) is 32.1 Å². The molecule has 1 aliphatic rings. The van der Waals surface area contributed by atoms with Crippen LogP contribution >= 0.6 is 0 Å². The number of carbonyl (C=O) groups is 1. The number of ether oxygens (including phenoxy) is 2. The molecule has 0 aromatic rings. The number of hydrogen-bond donors (Lipinski definition) is 0. The van der Waals surface area contributed by atoms with E-state index in [0.29, 0.717) is 18.6 Å². The van der Waals surface area contributed by atoms with E-state index in [1.54, 1.807) is 0 Å². The molecule has 2 atom stereocenters. The predicted octanol–water partition coefficient (Wildman–Crippen LogP) is 3.90. The van der Waals surface area contributed by atoms with Gasteiger partial charge >= 0.3 is 5.97 Å². The van der Waals surface area contributed by atoms with Crippen molar-refractivity contribution in [1.29, 1.82) is 0 Å². The third-order valence-corrected chi connectivity index (χ3v) is 4.75. The van der Waals surface area contributed by atoms with Gasteiger partial charge in [-0.25, -0.2) is 0 Å². The maximum Gasteiger partial charge on any atom is 0.305 e. The molecule has 5 heteroatoms. The Morgan fingerprint density at radius 2 is 1.62 bits per heavy atom. The fraction of sp³-hybridized carbons (Fsp3) is 0.938. The zero-order chi connectivity index (χ0) is 15.7. The van der Waals surface area contributed by atoms with E-state index in [0.717, 1.165) is 19.4 Å². The molecule has 0 bridgehead atoms. The van der Waals surface area contributed by atoms with E-state index < -0.39 is 8.32 Å². The van der Waals surface area contributed by atoms with E-state index in [1.807, 2.05) is 0 Å². The van der Waals surface area contributed by atoms with Gasteiger partial charge in [-0.2, -0.15) is 0 Å². The standard InChI is InChI=1S/C16H32O4Si/c1-18-16(17)12-10-8-6-5-7-9-11-14-15(20-14)13-19-21(2,3)4/h14-15H,5-13H2,1-4H3. The van der Waals surface area contributed by atoms with Crippen molar-refractivity contribution in [3.63, 3.8) is 0 Å². The molecule has 1 saturated heterocycles. The third kappa shape index (κ3) is 10.0. The second-order valence-corrected chi connectivity index (χ2v) is 11.4. The summed E-state index contributed by atoms with van der Waals surface area (Å²) in [6, 6.07) is 0. The Balaban J connectivity index is 1.83. The minimum atomic E-state index is -1.39. The van der Waals surface area contributed by atoms with Crippen molar-refractivity contribution < 1.29 is 18.7 Å². The van der Waals surface area contributed by atoms with Gasteiger partial charge in [-0.15, -0.1) is 0 Å². The molecular formula is C16H32O4Si. The first-order valence-electron chi connectivity index (χ1n) is 8.28. The number of epoxide rings is 1. The number of methoxy groups -OCH3 is 1. The second kappa shape index (κ2) is 9.59. The molecule has 1 heterocycles. The van der Waals surface area contributed by atoms with Gasteiger partial charge < -0.3 is 13.9 Å². The Morgan fingerprint density at radius 3 is 2.24 bits per heavy atom. The van der Waals surface area contributed by atoms with Gasteiger partial charge in [0.1, 0.15) is 6.10 Å². The molecule has 0 saturated carbocycles. The molecule has 0 radical (unpaired) electrons. The lowest BCUT2D eigenvalue weighted by Gasteiger charge is -2.15. The average molecular weight is 317 g/mol. The molecule has 0 aliphatic carbocycles. The number of carbonyl (C=O) groups excluding carboxylic acids is 1. The molecule has 1 rings (SSSR count). The minimum absolute atomic E-state index is 0.0903. The lowest BCUT2D eigenvalue weighted by atomic mass is 10.1. The summed E-state index contributed by atoms with van der Waals surface area (Å²) in [5.74, 6) is -0.0903. The van der Waals surface area contributed by atoms with E-state index in [9.17, 15) is 4.79 Å². The molecule has 0 N–H and O–H groups in total. The normalized spacial score (nSPS) is 21.3. The highest BCUT2D eigenvalue weighted by Crippen LogP contribution is 2.28. The van der Waals surface area contributed by atoms with Gasteiger partial charge in [0.25, 0.3) is 0 Å². The van der Waals surface area contributed by atoms with Crippen LogP contribution in [0.1, 0.15) is 51.4 Å². The monoisotopic (exact) mass is 316 g/mol. The summed E-state index contributed by atoms with van der Waals surface area (Å²) in [4.78, 5) is 10.9. The van der Waals surface area contributed by atoms with Crippen molar-refractivity contribution in [1.82, 2.24) is 0 Å².